The van der Waals surface area contributed by atoms with E-state index in [-0.39, 0.29) is 6.10 Å². The summed E-state index contributed by atoms with van der Waals surface area (Å²) in [7, 11) is 0. The van der Waals surface area contributed by atoms with E-state index in [0.717, 1.165) is 28.8 Å². The van der Waals surface area contributed by atoms with E-state index in [9.17, 15) is 5.11 Å². The third-order valence-corrected chi connectivity index (χ3v) is 4.12. The molecule has 3 heteroatoms. The van der Waals surface area contributed by atoms with Crippen LogP contribution in [0.25, 0.3) is 0 Å². The van der Waals surface area contributed by atoms with Crippen molar-refractivity contribution < 1.29 is 5.11 Å². The lowest BCUT2D eigenvalue weighted by atomic mass is 9.85. The quantitative estimate of drug-likeness (QED) is 0.902. The van der Waals surface area contributed by atoms with E-state index in [0.29, 0.717) is 0 Å². The third-order valence-electron chi connectivity index (χ3n) is 3.68. The molecule has 0 aliphatic heterocycles. The minimum absolute atomic E-state index is 0.359. The Morgan fingerprint density at radius 3 is 2.76 bits per heavy atom. The molecule has 1 heterocycles. The van der Waals surface area contributed by atoms with E-state index >= 15 is 0 Å². The number of nitrogens with zero attached hydrogens (tertiary/aromatic N) is 1. The number of hydrogen-bond acceptors (Lipinski definition) is 2. The van der Waals surface area contributed by atoms with Crippen molar-refractivity contribution in [2.75, 3.05) is 0 Å². The second kappa shape index (κ2) is 6.50. The van der Waals surface area contributed by atoms with Crippen LogP contribution in [0, 0.1) is 5.92 Å². The van der Waals surface area contributed by atoms with Gasteiger partial charge in [-0.05, 0) is 46.3 Å². The van der Waals surface area contributed by atoms with Gasteiger partial charge < -0.3 is 5.11 Å². The summed E-state index contributed by atoms with van der Waals surface area (Å²) in [5, 5.41) is 10.1. The molecule has 1 atom stereocenters. The molecule has 2 rings (SSSR count). The minimum atomic E-state index is -0.359. The topological polar surface area (TPSA) is 33.1 Å². The highest BCUT2D eigenvalue weighted by atomic mass is 79.9. The Morgan fingerprint density at radius 2 is 2.06 bits per heavy atom. The van der Waals surface area contributed by atoms with Crippen molar-refractivity contribution in [3.8, 4) is 0 Å². The van der Waals surface area contributed by atoms with Crippen molar-refractivity contribution in [2.45, 2.75) is 51.0 Å². The van der Waals surface area contributed by atoms with Gasteiger partial charge in [-0.2, -0.15) is 0 Å². The number of pyridine rings is 1. The van der Waals surface area contributed by atoms with Gasteiger partial charge in [-0.3, -0.25) is 4.98 Å². The fourth-order valence-corrected chi connectivity index (χ4v) is 3.03. The number of aliphatic hydroxyl groups is 1. The van der Waals surface area contributed by atoms with Gasteiger partial charge in [-0.1, -0.05) is 32.1 Å². The van der Waals surface area contributed by atoms with Gasteiger partial charge in [0.15, 0.2) is 0 Å². The average Bonchev–Trinajstić information content (AvgIpc) is 2.37. The lowest BCUT2D eigenvalue weighted by molar-refractivity contribution is 0.151. The first-order valence-electron chi connectivity index (χ1n) is 6.54. The SMILES string of the molecule is OC(CCC1CCCCC1)c1cncc(Br)c1. The van der Waals surface area contributed by atoms with Crippen LogP contribution in [0.15, 0.2) is 22.9 Å². The van der Waals surface area contributed by atoms with Gasteiger partial charge in [-0.25, -0.2) is 0 Å². The monoisotopic (exact) mass is 297 g/mol. The van der Waals surface area contributed by atoms with Crippen LogP contribution in [-0.4, -0.2) is 10.1 Å². The van der Waals surface area contributed by atoms with E-state index in [2.05, 4.69) is 20.9 Å². The molecule has 0 saturated heterocycles. The maximum atomic E-state index is 10.1. The molecule has 0 bridgehead atoms. The number of aromatic nitrogens is 1. The highest BCUT2D eigenvalue weighted by Crippen LogP contribution is 2.30. The van der Waals surface area contributed by atoms with Crippen LogP contribution < -0.4 is 0 Å². The number of hydrogen-bond donors (Lipinski definition) is 1. The van der Waals surface area contributed by atoms with E-state index in [1.165, 1.54) is 32.1 Å². The molecular formula is C14H20BrNO. The molecule has 17 heavy (non-hydrogen) atoms. The van der Waals surface area contributed by atoms with Gasteiger partial charge in [-0.15, -0.1) is 0 Å². The van der Waals surface area contributed by atoms with E-state index in [1.54, 1.807) is 12.4 Å². The first kappa shape index (κ1) is 13.0. The number of halogens is 1. The minimum Gasteiger partial charge on any atom is -0.388 e. The molecule has 1 fully saturated rings. The van der Waals surface area contributed by atoms with Crippen molar-refractivity contribution in [3.05, 3.63) is 28.5 Å². The van der Waals surface area contributed by atoms with Crippen LogP contribution in [0.4, 0.5) is 0 Å². The van der Waals surface area contributed by atoms with Crippen molar-refractivity contribution in [1.82, 2.24) is 4.98 Å². The van der Waals surface area contributed by atoms with E-state index < -0.39 is 0 Å². The fourth-order valence-electron chi connectivity index (χ4n) is 2.65. The average molecular weight is 298 g/mol. The summed E-state index contributed by atoms with van der Waals surface area (Å²) in [4.78, 5) is 4.09. The summed E-state index contributed by atoms with van der Waals surface area (Å²) in [5.74, 6) is 0.832. The Labute approximate surface area is 112 Å². The van der Waals surface area contributed by atoms with Crippen LogP contribution in [0.5, 0.6) is 0 Å². The fraction of sp³-hybridized carbons (Fsp3) is 0.643. The molecule has 0 aromatic carbocycles. The summed E-state index contributed by atoms with van der Waals surface area (Å²) < 4.78 is 0.937. The highest BCUT2D eigenvalue weighted by Gasteiger charge is 2.16. The summed E-state index contributed by atoms with van der Waals surface area (Å²) in [6, 6.07) is 1.96. The Bertz CT molecular complexity index is 350. The standard InChI is InChI=1S/C14H20BrNO/c15-13-8-12(9-16-10-13)14(17)7-6-11-4-2-1-3-5-11/h8-11,14,17H,1-7H2. The van der Waals surface area contributed by atoms with Crippen LogP contribution in [0.3, 0.4) is 0 Å². The Kier molecular flexibility index (Phi) is 4.99. The molecule has 1 aliphatic rings. The van der Waals surface area contributed by atoms with Gasteiger partial charge in [0, 0.05) is 16.9 Å². The van der Waals surface area contributed by atoms with Crippen LogP contribution >= 0.6 is 15.9 Å². The smallest absolute Gasteiger partial charge is 0.0805 e. The van der Waals surface area contributed by atoms with Crippen molar-refractivity contribution in [1.29, 1.82) is 0 Å². The first-order valence-corrected chi connectivity index (χ1v) is 7.33. The summed E-state index contributed by atoms with van der Waals surface area (Å²) >= 11 is 3.38. The highest BCUT2D eigenvalue weighted by molar-refractivity contribution is 9.10. The zero-order valence-electron chi connectivity index (χ0n) is 10.1. The van der Waals surface area contributed by atoms with Crippen molar-refractivity contribution in [2.24, 2.45) is 5.92 Å². The predicted octanol–water partition coefficient (Wildman–Crippen LogP) is 4.24. The summed E-state index contributed by atoms with van der Waals surface area (Å²) in [5.41, 5.74) is 0.926. The van der Waals surface area contributed by atoms with Gasteiger partial charge in [0.1, 0.15) is 0 Å². The Hall–Kier alpha value is -0.410. The largest absolute Gasteiger partial charge is 0.388 e. The Balaban J connectivity index is 1.82. The van der Waals surface area contributed by atoms with E-state index in [1.807, 2.05) is 6.07 Å². The second-order valence-corrected chi connectivity index (χ2v) is 5.95. The maximum Gasteiger partial charge on any atom is 0.0805 e. The van der Waals surface area contributed by atoms with Crippen LogP contribution in [-0.2, 0) is 0 Å². The molecule has 1 N–H and O–H groups in total. The molecule has 1 aromatic heterocycles. The van der Waals surface area contributed by atoms with Gasteiger partial charge >= 0.3 is 0 Å². The molecule has 2 nitrogen and oxygen atoms in total. The van der Waals surface area contributed by atoms with Gasteiger partial charge in [0.2, 0.25) is 0 Å². The molecule has 0 spiro atoms. The van der Waals surface area contributed by atoms with E-state index in [4.69, 9.17) is 0 Å². The summed E-state index contributed by atoms with van der Waals surface area (Å²) in [6.45, 7) is 0. The molecular weight excluding hydrogens is 278 g/mol. The molecule has 0 radical (unpaired) electrons. The normalized spacial score (nSPS) is 19.2. The summed E-state index contributed by atoms with van der Waals surface area (Å²) in [6.07, 6.45) is 12.0. The molecule has 1 aromatic rings. The van der Waals surface area contributed by atoms with Crippen molar-refractivity contribution in [3.63, 3.8) is 0 Å². The Morgan fingerprint density at radius 1 is 1.29 bits per heavy atom. The first-order chi connectivity index (χ1) is 8.25. The lowest BCUT2D eigenvalue weighted by Gasteiger charge is -2.22. The zero-order chi connectivity index (χ0) is 12.1. The number of rotatable bonds is 4. The number of aliphatic hydroxyl groups excluding tert-OH is 1. The van der Waals surface area contributed by atoms with Crippen LogP contribution in [0.1, 0.15) is 56.6 Å². The maximum absolute atomic E-state index is 10.1. The third kappa shape index (κ3) is 4.07. The molecule has 1 saturated carbocycles. The van der Waals surface area contributed by atoms with Gasteiger partial charge in [0.25, 0.3) is 0 Å². The molecule has 94 valence electrons. The molecule has 0 amide bonds. The predicted molar refractivity (Wildman–Crippen MR) is 72.7 cm³/mol. The van der Waals surface area contributed by atoms with Crippen LogP contribution in [0.2, 0.25) is 0 Å². The molecule has 1 aliphatic carbocycles. The van der Waals surface area contributed by atoms with Crippen molar-refractivity contribution >= 4 is 15.9 Å². The zero-order valence-corrected chi connectivity index (χ0v) is 11.7. The second-order valence-electron chi connectivity index (χ2n) is 5.03. The lowest BCUT2D eigenvalue weighted by Crippen LogP contribution is -2.08. The molecule has 1 unspecified atom stereocenters. The van der Waals surface area contributed by atoms with Gasteiger partial charge in [0.05, 0.1) is 6.10 Å².